The monoisotopic (exact) mass is 465 g/mol. The second kappa shape index (κ2) is 8.03. The standard InChI is InChI=1S/C26H25ClFN3O2/c1-14(2)9-10-30-12-17-23(16-7-8-19(28)18(27)11-16)25-21(13-31(15(3)32)26(25)33)29-20-5-4-6-22(30)24(17)20/h4-8,11-12,14,23,29H,9-10,13H2,1-3H3/t23-/m0/s1. The Morgan fingerprint density at radius 2 is 2.06 bits per heavy atom. The molecule has 1 N–H and O–H groups in total. The highest BCUT2D eigenvalue weighted by atomic mass is 35.5. The van der Waals surface area contributed by atoms with Crippen molar-refractivity contribution in [1.29, 1.82) is 0 Å². The molecule has 0 fully saturated rings. The lowest BCUT2D eigenvalue weighted by molar-refractivity contribution is -0.139. The van der Waals surface area contributed by atoms with E-state index in [0.29, 0.717) is 22.8 Å². The van der Waals surface area contributed by atoms with Gasteiger partial charge < -0.3 is 9.88 Å². The minimum Gasteiger partial charge on any atom is -0.356 e. The average molecular weight is 466 g/mol. The van der Waals surface area contributed by atoms with Gasteiger partial charge in [-0.3, -0.25) is 14.5 Å². The number of aromatic nitrogens is 1. The third kappa shape index (κ3) is 3.53. The molecule has 0 aliphatic carbocycles. The van der Waals surface area contributed by atoms with E-state index in [2.05, 4.69) is 36.0 Å². The number of imide groups is 1. The fourth-order valence-electron chi connectivity index (χ4n) is 4.89. The first-order valence-corrected chi connectivity index (χ1v) is 11.5. The highest BCUT2D eigenvalue weighted by Gasteiger charge is 2.41. The number of benzene rings is 2. The molecular formula is C26H25ClFN3O2. The van der Waals surface area contributed by atoms with Crippen LogP contribution in [0.2, 0.25) is 5.02 Å². The molecule has 0 unspecified atom stereocenters. The molecule has 0 saturated carbocycles. The van der Waals surface area contributed by atoms with Crippen LogP contribution in [0.4, 0.5) is 10.1 Å². The Morgan fingerprint density at radius 3 is 2.76 bits per heavy atom. The maximum Gasteiger partial charge on any atom is 0.259 e. The van der Waals surface area contributed by atoms with Crippen molar-refractivity contribution in [3.05, 3.63) is 75.8 Å². The van der Waals surface area contributed by atoms with Gasteiger partial charge in [0.05, 0.1) is 22.7 Å². The average Bonchev–Trinajstić information content (AvgIpc) is 3.24. The zero-order valence-corrected chi connectivity index (χ0v) is 19.5. The number of nitrogens with one attached hydrogen (secondary N) is 1. The molecule has 5 nitrogen and oxygen atoms in total. The van der Waals surface area contributed by atoms with Crippen molar-refractivity contribution in [1.82, 2.24) is 9.47 Å². The Morgan fingerprint density at radius 1 is 1.27 bits per heavy atom. The van der Waals surface area contributed by atoms with Gasteiger partial charge in [-0.05, 0) is 47.7 Å². The van der Waals surface area contributed by atoms with Crippen LogP contribution in [-0.2, 0) is 16.1 Å². The Hall–Kier alpha value is -3.12. The summed E-state index contributed by atoms with van der Waals surface area (Å²) in [5.74, 6) is -1.08. The summed E-state index contributed by atoms with van der Waals surface area (Å²) in [6.07, 6.45) is 3.11. The third-order valence-corrected chi connectivity index (χ3v) is 6.83. The molecule has 2 aliphatic rings. The molecule has 5 rings (SSSR count). The molecule has 0 saturated heterocycles. The van der Waals surface area contributed by atoms with Gasteiger partial charge in [-0.2, -0.15) is 0 Å². The van der Waals surface area contributed by atoms with Crippen LogP contribution in [0.15, 0.2) is 53.9 Å². The Labute approximate surface area is 196 Å². The van der Waals surface area contributed by atoms with E-state index in [1.165, 1.54) is 17.9 Å². The molecule has 3 heterocycles. The number of carbonyl (C=O) groups excluding carboxylic acids is 2. The zero-order valence-electron chi connectivity index (χ0n) is 18.8. The molecule has 0 spiro atoms. The number of carbonyl (C=O) groups is 2. The number of nitrogens with zero attached hydrogens (tertiary/aromatic N) is 2. The molecule has 1 aromatic heterocycles. The van der Waals surface area contributed by atoms with Gasteiger partial charge in [0.15, 0.2) is 0 Å². The van der Waals surface area contributed by atoms with E-state index in [-0.39, 0.29) is 23.4 Å². The zero-order chi connectivity index (χ0) is 23.4. The van der Waals surface area contributed by atoms with E-state index in [0.717, 1.165) is 35.1 Å². The van der Waals surface area contributed by atoms with Gasteiger partial charge in [-0.25, -0.2) is 4.39 Å². The van der Waals surface area contributed by atoms with Crippen molar-refractivity contribution < 1.29 is 14.0 Å². The first-order valence-electron chi connectivity index (χ1n) is 11.2. The van der Waals surface area contributed by atoms with Crippen LogP contribution < -0.4 is 5.32 Å². The number of hydrogen-bond donors (Lipinski definition) is 1. The maximum atomic E-state index is 14.0. The van der Waals surface area contributed by atoms with Gasteiger partial charge in [-0.15, -0.1) is 0 Å². The topological polar surface area (TPSA) is 54.3 Å². The van der Waals surface area contributed by atoms with Gasteiger partial charge in [0, 0.05) is 42.4 Å². The fourth-order valence-corrected chi connectivity index (χ4v) is 5.08. The normalized spacial score (nSPS) is 17.6. The van der Waals surface area contributed by atoms with E-state index in [4.69, 9.17) is 11.6 Å². The number of aryl methyl sites for hydroxylation is 1. The largest absolute Gasteiger partial charge is 0.356 e. The predicted octanol–water partition coefficient (Wildman–Crippen LogP) is 5.68. The number of anilines is 1. The molecule has 170 valence electrons. The van der Waals surface area contributed by atoms with E-state index in [9.17, 15) is 14.0 Å². The maximum absolute atomic E-state index is 14.0. The number of halogens is 2. The Bertz CT molecular complexity index is 1340. The Balaban J connectivity index is 1.76. The van der Waals surface area contributed by atoms with E-state index in [1.807, 2.05) is 12.1 Å². The minimum absolute atomic E-state index is 0.00416. The summed E-state index contributed by atoms with van der Waals surface area (Å²) in [5.41, 5.74) is 4.83. The number of hydrogen-bond acceptors (Lipinski definition) is 3. The highest BCUT2D eigenvalue weighted by Crippen LogP contribution is 2.47. The highest BCUT2D eigenvalue weighted by molar-refractivity contribution is 6.30. The Kier molecular flexibility index (Phi) is 5.28. The van der Waals surface area contributed by atoms with Crippen molar-refractivity contribution in [2.24, 2.45) is 5.92 Å². The van der Waals surface area contributed by atoms with Crippen LogP contribution in [0.5, 0.6) is 0 Å². The molecule has 7 heteroatoms. The summed E-state index contributed by atoms with van der Waals surface area (Å²) in [5, 5.41) is 4.48. The van der Waals surface area contributed by atoms with Gasteiger partial charge >= 0.3 is 0 Å². The van der Waals surface area contributed by atoms with Gasteiger partial charge in [-0.1, -0.05) is 37.6 Å². The first kappa shape index (κ1) is 21.7. The molecule has 1 atom stereocenters. The summed E-state index contributed by atoms with van der Waals surface area (Å²) in [4.78, 5) is 26.9. The lowest BCUT2D eigenvalue weighted by Crippen LogP contribution is -2.33. The van der Waals surface area contributed by atoms with Crippen molar-refractivity contribution in [2.75, 3.05) is 11.9 Å². The van der Waals surface area contributed by atoms with Gasteiger partial charge in [0.25, 0.3) is 5.91 Å². The molecule has 3 aromatic rings. The second-order valence-corrected chi connectivity index (χ2v) is 9.60. The van der Waals surface area contributed by atoms with E-state index < -0.39 is 11.7 Å². The SMILES string of the molecule is CC(=O)N1CC2=C(C1=O)[C@@H](c1ccc(F)c(Cl)c1)c1cn(CCC(C)C)c3cccc(c13)N2. The molecule has 0 radical (unpaired) electrons. The van der Waals surface area contributed by atoms with Gasteiger partial charge in [0.2, 0.25) is 5.91 Å². The quantitative estimate of drug-likeness (QED) is 0.539. The van der Waals surface area contributed by atoms with Crippen LogP contribution in [0, 0.1) is 11.7 Å². The molecule has 33 heavy (non-hydrogen) atoms. The van der Waals surface area contributed by atoms with Crippen LogP contribution in [0.1, 0.15) is 44.2 Å². The van der Waals surface area contributed by atoms with Crippen LogP contribution >= 0.6 is 11.6 Å². The lowest BCUT2D eigenvalue weighted by atomic mass is 9.84. The summed E-state index contributed by atoms with van der Waals surface area (Å²) in [6, 6.07) is 10.7. The van der Waals surface area contributed by atoms with Crippen molar-refractivity contribution >= 4 is 40.0 Å². The third-order valence-electron chi connectivity index (χ3n) is 6.54. The van der Waals surface area contributed by atoms with Crippen LogP contribution in [0.3, 0.4) is 0 Å². The minimum atomic E-state index is -0.510. The molecule has 2 amide bonds. The molecule has 2 aromatic carbocycles. The lowest BCUT2D eigenvalue weighted by Gasteiger charge is -2.20. The molecule has 2 aliphatic heterocycles. The summed E-state index contributed by atoms with van der Waals surface area (Å²) in [7, 11) is 0. The van der Waals surface area contributed by atoms with E-state index in [1.54, 1.807) is 12.1 Å². The fraction of sp³-hybridized carbons (Fsp3) is 0.308. The van der Waals surface area contributed by atoms with Crippen molar-refractivity contribution in [3.8, 4) is 0 Å². The molecule has 0 bridgehead atoms. The summed E-state index contributed by atoms with van der Waals surface area (Å²) >= 11 is 6.16. The molecular weight excluding hydrogens is 441 g/mol. The van der Waals surface area contributed by atoms with Crippen molar-refractivity contribution in [3.63, 3.8) is 0 Å². The number of amides is 2. The summed E-state index contributed by atoms with van der Waals surface area (Å²) < 4.78 is 16.3. The van der Waals surface area contributed by atoms with Crippen LogP contribution in [0.25, 0.3) is 10.9 Å². The first-order chi connectivity index (χ1) is 15.8. The van der Waals surface area contributed by atoms with Gasteiger partial charge in [0.1, 0.15) is 5.82 Å². The summed E-state index contributed by atoms with van der Waals surface area (Å²) in [6.45, 7) is 6.80. The smallest absolute Gasteiger partial charge is 0.259 e. The van der Waals surface area contributed by atoms with E-state index >= 15 is 0 Å². The van der Waals surface area contributed by atoms with Crippen LogP contribution in [-0.4, -0.2) is 27.8 Å². The van der Waals surface area contributed by atoms with Crippen molar-refractivity contribution in [2.45, 2.75) is 39.7 Å². The second-order valence-electron chi connectivity index (χ2n) is 9.19. The predicted molar refractivity (Wildman–Crippen MR) is 128 cm³/mol. The number of rotatable bonds is 4.